The molecule has 3 rings (SSSR count). The van der Waals surface area contributed by atoms with Gasteiger partial charge in [0.15, 0.2) is 0 Å². The molecule has 2 aromatic carbocycles. The van der Waals surface area contributed by atoms with E-state index >= 15 is 0 Å². The number of rotatable bonds is 6. The fraction of sp³-hybridized carbons (Fsp3) is 0.158. The van der Waals surface area contributed by atoms with Crippen LogP contribution in [0.1, 0.15) is 22.4 Å². The van der Waals surface area contributed by atoms with Gasteiger partial charge in [-0.3, -0.25) is 0 Å². The number of hydrogen-bond donors (Lipinski definition) is 2. The first-order chi connectivity index (χ1) is 13.0. The van der Waals surface area contributed by atoms with Crippen molar-refractivity contribution in [1.82, 2.24) is 20.4 Å². The minimum atomic E-state index is -0.708. The molecule has 1 heterocycles. The molecule has 8 heteroatoms. The van der Waals surface area contributed by atoms with Crippen LogP contribution >= 0.6 is 0 Å². The van der Waals surface area contributed by atoms with E-state index in [9.17, 15) is 4.79 Å². The van der Waals surface area contributed by atoms with Gasteiger partial charge in [-0.05, 0) is 54.8 Å². The lowest BCUT2D eigenvalue weighted by molar-refractivity contribution is 0.249. The number of benzene rings is 2. The van der Waals surface area contributed by atoms with Crippen LogP contribution in [0, 0.1) is 13.8 Å². The third-order valence-corrected chi connectivity index (χ3v) is 3.86. The molecule has 0 aliphatic carbocycles. The first kappa shape index (κ1) is 18.1. The van der Waals surface area contributed by atoms with Gasteiger partial charge in [0, 0.05) is 0 Å². The highest BCUT2D eigenvalue weighted by atomic mass is 16.5. The van der Waals surface area contributed by atoms with Gasteiger partial charge < -0.3 is 10.5 Å². The standard InChI is InChI=1S/C19H20N6O2/c1-13-4-3-5-14(2)18(13)25-11-16(22-24-25)12-27-17-8-6-15(7-9-17)10-21-23-19(20)26/h3-11H,12H2,1-2H3,(H3,20,23,26)/b21-10+. The number of primary amides is 1. The summed E-state index contributed by atoms with van der Waals surface area (Å²) in [6.07, 6.45) is 3.36. The number of ether oxygens (including phenoxy) is 1. The molecule has 1 aromatic heterocycles. The number of amides is 2. The summed E-state index contributed by atoms with van der Waals surface area (Å²) in [7, 11) is 0. The molecule has 0 bridgehead atoms. The van der Waals surface area contributed by atoms with Crippen molar-refractivity contribution < 1.29 is 9.53 Å². The molecule has 0 radical (unpaired) electrons. The molecule has 0 saturated carbocycles. The van der Waals surface area contributed by atoms with Crippen LogP contribution in [0.2, 0.25) is 0 Å². The Balaban J connectivity index is 1.62. The molecule has 138 valence electrons. The van der Waals surface area contributed by atoms with E-state index in [0.717, 1.165) is 28.1 Å². The van der Waals surface area contributed by atoms with Crippen LogP contribution in [0.4, 0.5) is 4.79 Å². The second-order valence-electron chi connectivity index (χ2n) is 5.99. The molecule has 0 saturated heterocycles. The van der Waals surface area contributed by atoms with Crippen molar-refractivity contribution in [2.75, 3.05) is 0 Å². The minimum Gasteiger partial charge on any atom is -0.487 e. The quantitative estimate of drug-likeness (QED) is 0.517. The first-order valence-corrected chi connectivity index (χ1v) is 8.32. The van der Waals surface area contributed by atoms with Crippen molar-refractivity contribution in [1.29, 1.82) is 0 Å². The van der Waals surface area contributed by atoms with Crippen LogP contribution in [0.25, 0.3) is 5.69 Å². The minimum absolute atomic E-state index is 0.307. The number of carbonyl (C=O) groups excluding carboxylic acids is 1. The van der Waals surface area contributed by atoms with Crippen LogP contribution in [0.15, 0.2) is 53.8 Å². The van der Waals surface area contributed by atoms with Gasteiger partial charge in [-0.2, -0.15) is 5.10 Å². The number of urea groups is 1. The SMILES string of the molecule is Cc1cccc(C)c1-n1cc(COc2ccc(/C=N/NC(N)=O)cc2)nn1. The second kappa shape index (κ2) is 8.13. The van der Waals surface area contributed by atoms with Gasteiger partial charge in [-0.1, -0.05) is 23.4 Å². The van der Waals surface area contributed by atoms with E-state index in [1.54, 1.807) is 4.68 Å². The predicted octanol–water partition coefficient (Wildman–Crippen LogP) is 2.47. The van der Waals surface area contributed by atoms with Crippen molar-refractivity contribution in [2.45, 2.75) is 20.5 Å². The highest BCUT2D eigenvalue weighted by Gasteiger charge is 2.08. The highest BCUT2D eigenvalue weighted by Crippen LogP contribution is 2.18. The number of aromatic nitrogens is 3. The Morgan fingerprint density at radius 1 is 1.22 bits per heavy atom. The molecule has 27 heavy (non-hydrogen) atoms. The Morgan fingerprint density at radius 2 is 1.93 bits per heavy atom. The smallest absolute Gasteiger partial charge is 0.332 e. The number of nitrogens with two attached hydrogens (primary N) is 1. The maximum Gasteiger partial charge on any atom is 0.332 e. The number of hydrogen-bond acceptors (Lipinski definition) is 5. The molecule has 2 amide bonds. The van der Waals surface area contributed by atoms with Crippen molar-refractivity contribution in [3.05, 3.63) is 71.0 Å². The third-order valence-electron chi connectivity index (χ3n) is 3.86. The average molecular weight is 364 g/mol. The Morgan fingerprint density at radius 3 is 2.59 bits per heavy atom. The third kappa shape index (κ3) is 4.69. The van der Waals surface area contributed by atoms with Crippen LogP contribution < -0.4 is 15.9 Å². The topological polar surface area (TPSA) is 107 Å². The predicted molar refractivity (Wildman–Crippen MR) is 102 cm³/mol. The fourth-order valence-electron chi connectivity index (χ4n) is 2.62. The van der Waals surface area contributed by atoms with Gasteiger partial charge >= 0.3 is 6.03 Å². The highest BCUT2D eigenvalue weighted by molar-refractivity contribution is 5.81. The van der Waals surface area contributed by atoms with Crippen LogP contribution in [0.3, 0.4) is 0 Å². The fourth-order valence-corrected chi connectivity index (χ4v) is 2.62. The molecular formula is C19H20N6O2. The molecule has 0 aliphatic heterocycles. The number of nitrogens with one attached hydrogen (secondary N) is 1. The molecule has 0 fully saturated rings. The summed E-state index contributed by atoms with van der Waals surface area (Å²) in [5.74, 6) is 0.691. The summed E-state index contributed by atoms with van der Waals surface area (Å²) in [6.45, 7) is 4.40. The maximum atomic E-state index is 10.6. The zero-order valence-corrected chi connectivity index (χ0v) is 15.1. The largest absolute Gasteiger partial charge is 0.487 e. The molecule has 0 spiro atoms. The summed E-state index contributed by atoms with van der Waals surface area (Å²) in [4.78, 5) is 10.6. The van der Waals surface area contributed by atoms with Gasteiger partial charge in [-0.15, -0.1) is 5.10 Å². The summed E-state index contributed by atoms with van der Waals surface area (Å²) in [5.41, 5.74) is 11.9. The lowest BCUT2D eigenvalue weighted by Crippen LogP contribution is -2.24. The number of para-hydroxylation sites is 1. The Kier molecular flexibility index (Phi) is 5.46. The summed E-state index contributed by atoms with van der Waals surface area (Å²) in [5, 5.41) is 12.1. The zero-order valence-electron chi connectivity index (χ0n) is 15.1. The number of carbonyl (C=O) groups is 1. The van der Waals surface area contributed by atoms with Crippen molar-refractivity contribution in [3.63, 3.8) is 0 Å². The molecular weight excluding hydrogens is 344 g/mol. The summed E-state index contributed by atoms with van der Waals surface area (Å²) in [6, 6.07) is 12.6. The normalized spacial score (nSPS) is 10.9. The average Bonchev–Trinajstić information content (AvgIpc) is 3.09. The van der Waals surface area contributed by atoms with Crippen molar-refractivity contribution in [2.24, 2.45) is 10.8 Å². The molecule has 0 aliphatic rings. The van der Waals surface area contributed by atoms with Gasteiger partial charge in [0.1, 0.15) is 18.1 Å². The number of nitrogens with zero attached hydrogens (tertiary/aromatic N) is 4. The van der Waals surface area contributed by atoms with Gasteiger partial charge in [0.25, 0.3) is 0 Å². The van der Waals surface area contributed by atoms with E-state index in [2.05, 4.69) is 20.8 Å². The molecule has 3 aromatic rings. The van der Waals surface area contributed by atoms with Crippen molar-refractivity contribution in [3.8, 4) is 11.4 Å². The molecule has 0 atom stereocenters. The second-order valence-corrected chi connectivity index (χ2v) is 5.99. The monoisotopic (exact) mass is 364 g/mol. The van der Waals surface area contributed by atoms with E-state index in [1.165, 1.54) is 6.21 Å². The van der Waals surface area contributed by atoms with E-state index in [-0.39, 0.29) is 0 Å². The number of aryl methyl sites for hydroxylation is 2. The van der Waals surface area contributed by atoms with E-state index in [4.69, 9.17) is 10.5 Å². The van der Waals surface area contributed by atoms with Crippen molar-refractivity contribution >= 4 is 12.2 Å². The number of hydrazone groups is 1. The molecule has 0 unspecified atom stereocenters. The van der Waals surface area contributed by atoms with Gasteiger partial charge in [-0.25, -0.2) is 14.9 Å². The van der Waals surface area contributed by atoms with Crippen LogP contribution in [-0.2, 0) is 6.61 Å². The van der Waals surface area contributed by atoms with Crippen LogP contribution in [-0.4, -0.2) is 27.2 Å². The summed E-state index contributed by atoms with van der Waals surface area (Å²) >= 11 is 0. The first-order valence-electron chi connectivity index (χ1n) is 8.32. The summed E-state index contributed by atoms with van der Waals surface area (Å²) < 4.78 is 7.52. The van der Waals surface area contributed by atoms with Gasteiger partial charge in [0.2, 0.25) is 0 Å². The van der Waals surface area contributed by atoms with E-state index in [1.807, 2.05) is 62.5 Å². The van der Waals surface area contributed by atoms with E-state index < -0.39 is 6.03 Å². The zero-order chi connectivity index (χ0) is 19.2. The van der Waals surface area contributed by atoms with Gasteiger partial charge in [0.05, 0.1) is 18.1 Å². The Bertz CT molecular complexity index is 942. The Hall–Kier alpha value is -3.68. The maximum absolute atomic E-state index is 10.6. The lowest BCUT2D eigenvalue weighted by Gasteiger charge is -2.08. The van der Waals surface area contributed by atoms with Crippen LogP contribution in [0.5, 0.6) is 5.75 Å². The molecule has 3 N–H and O–H groups in total. The Labute approximate surface area is 156 Å². The molecule has 8 nitrogen and oxygen atoms in total. The lowest BCUT2D eigenvalue weighted by atomic mass is 10.1. The van der Waals surface area contributed by atoms with E-state index in [0.29, 0.717) is 12.4 Å².